The minimum Gasteiger partial charge on any atom is -0.324 e. The van der Waals surface area contributed by atoms with Gasteiger partial charge in [0.05, 0.1) is 0 Å². The van der Waals surface area contributed by atoms with Crippen molar-refractivity contribution < 1.29 is 4.39 Å². The Kier molecular flexibility index (Phi) is 3.04. The summed E-state index contributed by atoms with van der Waals surface area (Å²) in [5, 5.41) is 0. The molecule has 0 aliphatic rings. The van der Waals surface area contributed by atoms with Crippen molar-refractivity contribution in [1.29, 1.82) is 0 Å². The average Bonchev–Trinajstić information content (AvgIpc) is 2.02. The molecule has 0 aliphatic heterocycles. The van der Waals surface area contributed by atoms with E-state index >= 15 is 0 Å². The normalized spacial score (nSPS) is 13.0. The highest BCUT2D eigenvalue weighted by Crippen LogP contribution is 2.23. The van der Waals surface area contributed by atoms with Crippen LogP contribution in [0.1, 0.15) is 36.1 Å². The first kappa shape index (κ1) is 10.2. The lowest BCUT2D eigenvalue weighted by Gasteiger charge is -2.15. The van der Waals surface area contributed by atoms with Gasteiger partial charge in [-0.2, -0.15) is 0 Å². The molecule has 0 unspecified atom stereocenters. The molecule has 0 bridgehead atoms. The zero-order valence-electron chi connectivity index (χ0n) is 8.39. The Bertz CT molecular complexity index is 284. The van der Waals surface area contributed by atoms with Crippen LogP contribution >= 0.6 is 0 Å². The third-order valence-corrected chi connectivity index (χ3v) is 2.37. The lowest BCUT2D eigenvalue weighted by atomic mass is 9.95. The summed E-state index contributed by atoms with van der Waals surface area (Å²) in [5.41, 5.74) is 8.91. The van der Waals surface area contributed by atoms with Crippen molar-refractivity contribution in [2.24, 2.45) is 5.73 Å². The van der Waals surface area contributed by atoms with Crippen LogP contribution in [0.3, 0.4) is 0 Å². The molecule has 0 saturated heterocycles. The molecule has 0 heterocycles. The molecule has 0 fully saturated rings. The summed E-state index contributed by atoms with van der Waals surface area (Å²) in [5.74, 6) is -0.179. The van der Waals surface area contributed by atoms with Crippen LogP contribution in [0.5, 0.6) is 0 Å². The molecule has 1 aromatic rings. The van der Waals surface area contributed by atoms with Crippen molar-refractivity contribution in [1.82, 2.24) is 0 Å². The van der Waals surface area contributed by atoms with Gasteiger partial charge in [-0.05, 0) is 49.1 Å². The number of nitrogens with two attached hydrogens (primary N) is 1. The fourth-order valence-corrected chi connectivity index (χ4v) is 1.71. The first-order valence-corrected chi connectivity index (χ1v) is 4.58. The van der Waals surface area contributed by atoms with Crippen LogP contribution in [0.4, 0.5) is 4.39 Å². The van der Waals surface area contributed by atoms with E-state index in [9.17, 15) is 4.39 Å². The van der Waals surface area contributed by atoms with E-state index in [-0.39, 0.29) is 11.9 Å². The molecular formula is C11H16FN. The molecule has 2 N–H and O–H groups in total. The van der Waals surface area contributed by atoms with Crippen molar-refractivity contribution in [2.45, 2.75) is 33.2 Å². The SMILES string of the molecule is CC[C@@H](N)c1c(C)cc(F)cc1C. The smallest absolute Gasteiger partial charge is 0.123 e. The Hall–Kier alpha value is -0.890. The molecule has 1 aromatic carbocycles. The minimum atomic E-state index is -0.179. The molecule has 2 heteroatoms. The maximum atomic E-state index is 12.9. The maximum Gasteiger partial charge on any atom is 0.123 e. The van der Waals surface area contributed by atoms with Crippen LogP contribution < -0.4 is 5.73 Å². The third kappa shape index (κ3) is 2.07. The second-order valence-electron chi connectivity index (χ2n) is 3.47. The molecule has 1 atom stereocenters. The molecule has 1 nitrogen and oxygen atoms in total. The largest absolute Gasteiger partial charge is 0.324 e. The molecule has 1 rings (SSSR count). The zero-order valence-corrected chi connectivity index (χ0v) is 8.39. The highest BCUT2D eigenvalue weighted by molar-refractivity contribution is 5.36. The number of hydrogen-bond acceptors (Lipinski definition) is 1. The van der Waals surface area contributed by atoms with Crippen LogP contribution in [0.2, 0.25) is 0 Å². The average molecular weight is 181 g/mol. The first-order valence-electron chi connectivity index (χ1n) is 4.58. The van der Waals surface area contributed by atoms with Gasteiger partial charge in [0.15, 0.2) is 0 Å². The van der Waals surface area contributed by atoms with E-state index in [4.69, 9.17) is 5.73 Å². The van der Waals surface area contributed by atoms with E-state index in [0.717, 1.165) is 23.1 Å². The van der Waals surface area contributed by atoms with E-state index in [1.807, 2.05) is 20.8 Å². The van der Waals surface area contributed by atoms with E-state index in [1.54, 1.807) is 0 Å². The number of aryl methyl sites for hydroxylation is 2. The predicted octanol–water partition coefficient (Wildman–Crippen LogP) is 2.85. The van der Waals surface area contributed by atoms with Gasteiger partial charge < -0.3 is 5.73 Å². The Morgan fingerprint density at radius 3 is 2.15 bits per heavy atom. The molecule has 0 saturated carbocycles. The van der Waals surface area contributed by atoms with Crippen LogP contribution in [0.25, 0.3) is 0 Å². The van der Waals surface area contributed by atoms with Gasteiger partial charge in [0.1, 0.15) is 5.82 Å². The lowest BCUT2D eigenvalue weighted by molar-refractivity contribution is 0.618. The highest BCUT2D eigenvalue weighted by Gasteiger charge is 2.10. The summed E-state index contributed by atoms with van der Waals surface area (Å²) in [6.45, 7) is 5.84. The number of hydrogen-bond donors (Lipinski definition) is 1. The Morgan fingerprint density at radius 1 is 1.31 bits per heavy atom. The second kappa shape index (κ2) is 3.88. The van der Waals surface area contributed by atoms with E-state index < -0.39 is 0 Å². The first-order chi connectivity index (χ1) is 6.06. The van der Waals surface area contributed by atoms with Gasteiger partial charge >= 0.3 is 0 Å². The number of halogens is 1. The van der Waals surface area contributed by atoms with Crippen LogP contribution in [0.15, 0.2) is 12.1 Å². The van der Waals surface area contributed by atoms with E-state index in [1.165, 1.54) is 12.1 Å². The fraction of sp³-hybridized carbons (Fsp3) is 0.455. The highest BCUT2D eigenvalue weighted by atomic mass is 19.1. The molecule has 0 aliphatic carbocycles. The molecule has 0 amide bonds. The van der Waals surface area contributed by atoms with E-state index in [0.29, 0.717) is 0 Å². The van der Waals surface area contributed by atoms with Crippen molar-refractivity contribution in [2.75, 3.05) is 0 Å². The van der Waals surface area contributed by atoms with Gasteiger partial charge in [-0.1, -0.05) is 6.92 Å². The third-order valence-electron chi connectivity index (χ3n) is 2.37. The van der Waals surface area contributed by atoms with Gasteiger partial charge in [-0.15, -0.1) is 0 Å². The molecule has 72 valence electrons. The van der Waals surface area contributed by atoms with Crippen molar-refractivity contribution in [3.63, 3.8) is 0 Å². The molecule has 13 heavy (non-hydrogen) atoms. The van der Waals surface area contributed by atoms with Gasteiger partial charge in [0.25, 0.3) is 0 Å². The van der Waals surface area contributed by atoms with Crippen LogP contribution in [-0.2, 0) is 0 Å². The summed E-state index contributed by atoms with van der Waals surface area (Å²) in [4.78, 5) is 0. The van der Waals surface area contributed by atoms with Crippen LogP contribution in [0, 0.1) is 19.7 Å². The van der Waals surface area contributed by atoms with Gasteiger partial charge in [0.2, 0.25) is 0 Å². The molecule has 0 aromatic heterocycles. The van der Waals surface area contributed by atoms with E-state index in [2.05, 4.69) is 0 Å². The topological polar surface area (TPSA) is 26.0 Å². The fourth-order valence-electron chi connectivity index (χ4n) is 1.71. The number of benzene rings is 1. The van der Waals surface area contributed by atoms with Crippen LogP contribution in [-0.4, -0.2) is 0 Å². The van der Waals surface area contributed by atoms with Gasteiger partial charge in [0, 0.05) is 6.04 Å². The quantitative estimate of drug-likeness (QED) is 0.746. The Balaban J connectivity index is 3.20. The number of rotatable bonds is 2. The van der Waals surface area contributed by atoms with Crippen molar-refractivity contribution in [3.8, 4) is 0 Å². The van der Waals surface area contributed by atoms with Crippen molar-refractivity contribution >= 4 is 0 Å². The standard InChI is InChI=1S/C11H16FN/c1-4-10(13)11-7(2)5-9(12)6-8(11)3/h5-6,10H,4,13H2,1-3H3/t10-/m1/s1. The molecule has 0 spiro atoms. The molecule has 0 radical (unpaired) electrons. The lowest BCUT2D eigenvalue weighted by Crippen LogP contribution is -2.12. The summed E-state index contributed by atoms with van der Waals surface area (Å²) >= 11 is 0. The van der Waals surface area contributed by atoms with Crippen molar-refractivity contribution in [3.05, 3.63) is 34.6 Å². The predicted molar refractivity (Wildman–Crippen MR) is 53.1 cm³/mol. The summed E-state index contributed by atoms with van der Waals surface area (Å²) in [7, 11) is 0. The molecular weight excluding hydrogens is 165 g/mol. The Morgan fingerprint density at radius 2 is 1.77 bits per heavy atom. The zero-order chi connectivity index (χ0) is 10.0. The maximum absolute atomic E-state index is 12.9. The summed E-state index contributed by atoms with van der Waals surface area (Å²) in [6.07, 6.45) is 0.882. The van der Waals surface area contributed by atoms with Gasteiger partial charge in [-0.25, -0.2) is 4.39 Å². The summed E-state index contributed by atoms with van der Waals surface area (Å²) < 4.78 is 12.9. The second-order valence-corrected chi connectivity index (χ2v) is 3.47. The summed E-state index contributed by atoms with van der Waals surface area (Å²) in [6, 6.07) is 3.11. The monoisotopic (exact) mass is 181 g/mol. The Labute approximate surface area is 78.8 Å². The van der Waals surface area contributed by atoms with Gasteiger partial charge in [-0.3, -0.25) is 0 Å². The minimum absolute atomic E-state index is 0.0283.